The molecule has 19 heavy (non-hydrogen) atoms. The second-order valence-corrected chi connectivity index (χ2v) is 4.73. The zero-order valence-electron chi connectivity index (χ0n) is 10.9. The van der Waals surface area contributed by atoms with Gasteiger partial charge in [0.2, 0.25) is 6.79 Å². The maximum Gasteiger partial charge on any atom is 0.230 e. The minimum absolute atomic E-state index is 0.323. The van der Waals surface area contributed by atoms with Gasteiger partial charge in [0.25, 0.3) is 0 Å². The van der Waals surface area contributed by atoms with Crippen LogP contribution in [0.2, 0.25) is 0 Å². The van der Waals surface area contributed by atoms with E-state index in [0.717, 1.165) is 24.5 Å². The van der Waals surface area contributed by atoms with Crippen LogP contribution in [0.15, 0.2) is 36.3 Å². The molecule has 1 fully saturated rings. The Bertz CT molecular complexity index is 487. The molecule has 4 rings (SSSR count). The van der Waals surface area contributed by atoms with Gasteiger partial charge in [-0.25, -0.2) is 0 Å². The van der Waals surface area contributed by atoms with Gasteiger partial charge in [-0.15, -0.1) is 0 Å². The Kier molecular flexibility index (Phi) is 3.84. The molecule has 1 aliphatic carbocycles. The SMILES string of the molecule is C1=C2OCOC=C2c2ccccc21.C1CCOCC1. The second-order valence-electron chi connectivity index (χ2n) is 4.73. The monoisotopic (exact) mass is 258 g/mol. The Hall–Kier alpha value is -1.74. The molecule has 100 valence electrons. The topological polar surface area (TPSA) is 27.7 Å². The van der Waals surface area contributed by atoms with Crippen LogP contribution in [-0.4, -0.2) is 20.0 Å². The van der Waals surface area contributed by atoms with Gasteiger partial charge < -0.3 is 14.2 Å². The van der Waals surface area contributed by atoms with E-state index in [1.165, 1.54) is 30.4 Å². The van der Waals surface area contributed by atoms with Gasteiger partial charge in [0.1, 0.15) is 5.76 Å². The highest BCUT2D eigenvalue weighted by molar-refractivity contribution is 5.92. The zero-order valence-corrected chi connectivity index (χ0v) is 10.9. The molecule has 0 radical (unpaired) electrons. The molecule has 0 atom stereocenters. The average molecular weight is 258 g/mol. The van der Waals surface area contributed by atoms with Gasteiger partial charge >= 0.3 is 0 Å². The normalized spacial score (nSPS) is 19.6. The second kappa shape index (κ2) is 5.93. The fourth-order valence-corrected chi connectivity index (χ4v) is 2.36. The summed E-state index contributed by atoms with van der Waals surface area (Å²) in [5, 5.41) is 0. The molecule has 3 heteroatoms. The molecule has 1 saturated heterocycles. The zero-order chi connectivity index (χ0) is 12.9. The van der Waals surface area contributed by atoms with E-state index < -0.39 is 0 Å². The van der Waals surface area contributed by atoms with Gasteiger partial charge in [-0.1, -0.05) is 24.3 Å². The van der Waals surface area contributed by atoms with Crippen molar-refractivity contribution in [3.63, 3.8) is 0 Å². The molecule has 0 bridgehead atoms. The first-order valence-electron chi connectivity index (χ1n) is 6.79. The summed E-state index contributed by atoms with van der Waals surface area (Å²) in [4.78, 5) is 0. The van der Waals surface area contributed by atoms with Gasteiger partial charge in [-0.3, -0.25) is 0 Å². The fourth-order valence-electron chi connectivity index (χ4n) is 2.36. The lowest BCUT2D eigenvalue weighted by atomic mass is 10.1. The van der Waals surface area contributed by atoms with Crippen molar-refractivity contribution in [2.45, 2.75) is 19.3 Å². The standard InChI is InChI=1S/C11H8O2.C5H10O/c1-2-4-9-8(3-1)5-11-10(9)6-12-7-13-11;1-2-4-6-5-3-1/h1-6H,7H2;1-5H2. The summed E-state index contributed by atoms with van der Waals surface area (Å²) in [6, 6.07) is 8.19. The van der Waals surface area contributed by atoms with Crippen LogP contribution >= 0.6 is 0 Å². The molecular formula is C16H18O3. The van der Waals surface area contributed by atoms with Gasteiger partial charge in [-0.2, -0.15) is 0 Å². The lowest BCUT2D eigenvalue weighted by Crippen LogP contribution is -2.03. The summed E-state index contributed by atoms with van der Waals surface area (Å²) in [7, 11) is 0. The molecule has 3 nitrogen and oxygen atoms in total. The van der Waals surface area contributed by atoms with Crippen LogP contribution in [0.5, 0.6) is 0 Å². The maximum absolute atomic E-state index is 5.35. The lowest BCUT2D eigenvalue weighted by Gasteiger charge is -2.14. The Morgan fingerprint density at radius 1 is 0.947 bits per heavy atom. The van der Waals surface area contributed by atoms with Crippen LogP contribution in [-0.2, 0) is 14.2 Å². The van der Waals surface area contributed by atoms with Gasteiger partial charge in [0.15, 0.2) is 0 Å². The third-order valence-corrected chi connectivity index (χ3v) is 3.36. The van der Waals surface area contributed by atoms with Crippen LogP contribution in [0.3, 0.4) is 0 Å². The molecule has 0 aromatic heterocycles. The van der Waals surface area contributed by atoms with Crippen LogP contribution in [0, 0.1) is 0 Å². The Morgan fingerprint density at radius 3 is 2.53 bits per heavy atom. The average Bonchev–Trinajstić information content (AvgIpc) is 2.88. The predicted octanol–water partition coefficient (Wildman–Crippen LogP) is 3.57. The van der Waals surface area contributed by atoms with Crippen LogP contribution in [0.1, 0.15) is 30.4 Å². The summed E-state index contributed by atoms with van der Waals surface area (Å²) in [6.07, 6.45) is 7.74. The molecule has 0 saturated carbocycles. The van der Waals surface area contributed by atoms with Crippen molar-refractivity contribution in [3.05, 3.63) is 47.4 Å². The highest BCUT2D eigenvalue weighted by atomic mass is 16.7. The number of benzene rings is 1. The van der Waals surface area contributed by atoms with Crippen molar-refractivity contribution in [2.75, 3.05) is 20.0 Å². The summed E-state index contributed by atoms with van der Waals surface area (Å²) in [5.41, 5.74) is 3.45. The predicted molar refractivity (Wildman–Crippen MR) is 74.1 cm³/mol. The van der Waals surface area contributed by atoms with Crippen LogP contribution < -0.4 is 0 Å². The molecule has 2 aliphatic heterocycles. The highest BCUT2D eigenvalue weighted by Gasteiger charge is 2.22. The molecule has 1 aromatic rings. The van der Waals surface area contributed by atoms with E-state index in [-0.39, 0.29) is 0 Å². The van der Waals surface area contributed by atoms with Crippen molar-refractivity contribution in [1.82, 2.24) is 0 Å². The molecule has 0 spiro atoms. The van der Waals surface area contributed by atoms with E-state index >= 15 is 0 Å². The Morgan fingerprint density at radius 2 is 1.79 bits per heavy atom. The first-order chi connectivity index (χ1) is 9.45. The van der Waals surface area contributed by atoms with E-state index in [4.69, 9.17) is 14.2 Å². The molecular weight excluding hydrogens is 240 g/mol. The van der Waals surface area contributed by atoms with E-state index in [1.54, 1.807) is 6.26 Å². The minimum Gasteiger partial charge on any atom is -0.464 e. The molecule has 0 amide bonds. The van der Waals surface area contributed by atoms with Gasteiger partial charge in [0, 0.05) is 13.2 Å². The Balaban J connectivity index is 0.000000155. The molecule has 3 aliphatic rings. The first-order valence-corrected chi connectivity index (χ1v) is 6.79. The number of fused-ring (bicyclic) bond motifs is 3. The number of allylic oxidation sites excluding steroid dienone is 1. The van der Waals surface area contributed by atoms with Crippen LogP contribution in [0.4, 0.5) is 0 Å². The number of ether oxygens (including phenoxy) is 3. The third kappa shape index (κ3) is 2.82. The summed E-state index contributed by atoms with van der Waals surface area (Å²) >= 11 is 0. The van der Waals surface area contributed by atoms with E-state index in [0.29, 0.717) is 6.79 Å². The smallest absolute Gasteiger partial charge is 0.230 e. The fraction of sp³-hybridized carbons (Fsp3) is 0.375. The molecule has 0 unspecified atom stereocenters. The van der Waals surface area contributed by atoms with E-state index in [1.807, 2.05) is 18.2 Å². The minimum atomic E-state index is 0.323. The third-order valence-electron chi connectivity index (χ3n) is 3.36. The van der Waals surface area contributed by atoms with Crippen LogP contribution in [0.25, 0.3) is 11.6 Å². The van der Waals surface area contributed by atoms with Crippen molar-refractivity contribution in [2.24, 2.45) is 0 Å². The highest BCUT2D eigenvalue weighted by Crippen LogP contribution is 2.37. The van der Waals surface area contributed by atoms with Gasteiger partial charge in [0.05, 0.1) is 11.8 Å². The first kappa shape index (κ1) is 12.3. The number of rotatable bonds is 0. The van der Waals surface area contributed by atoms with Crippen molar-refractivity contribution in [1.29, 1.82) is 0 Å². The van der Waals surface area contributed by atoms with Crippen molar-refractivity contribution in [3.8, 4) is 0 Å². The van der Waals surface area contributed by atoms with E-state index in [9.17, 15) is 0 Å². The van der Waals surface area contributed by atoms with Gasteiger partial charge in [-0.05, 0) is 36.5 Å². The van der Waals surface area contributed by atoms with Crippen molar-refractivity contribution < 1.29 is 14.2 Å². The number of hydrogen-bond acceptors (Lipinski definition) is 3. The largest absolute Gasteiger partial charge is 0.464 e. The van der Waals surface area contributed by atoms with Crippen molar-refractivity contribution >= 4 is 11.6 Å². The molecule has 0 N–H and O–H groups in total. The summed E-state index contributed by atoms with van der Waals surface area (Å²) < 4.78 is 15.5. The Labute approximate surface area is 113 Å². The molecule has 1 aromatic carbocycles. The maximum atomic E-state index is 5.35. The van der Waals surface area contributed by atoms with E-state index in [2.05, 4.69) is 12.1 Å². The molecule has 2 heterocycles. The lowest BCUT2D eigenvalue weighted by molar-refractivity contribution is 0.0256. The quantitative estimate of drug-likeness (QED) is 0.712. The summed E-state index contributed by atoms with van der Waals surface area (Å²) in [6.45, 7) is 2.32. The summed E-state index contributed by atoms with van der Waals surface area (Å²) in [5.74, 6) is 0.924. The number of hydrogen-bond donors (Lipinski definition) is 0.